The monoisotopic (exact) mass is 412 g/mol. The zero-order valence-electron chi connectivity index (χ0n) is 16.1. The van der Waals surface area contributed by atoms with Crippen LogP contribution < -0.4 is 4.90 Å². The van der Waals surface area contributed by atoms with Crippen molar-refractivity contribution in [2.24, 2.45) is 4.99 Å². The number of sulfone groups is 1. The number of aromatic nitrogens is 4. The molecule has 1 atom stereocenters. The number of anilines is 1. The molecule has 0 saturated carbocycles. The van der Waals surface area contributed by atoms with Crippen molar-refractivity contribution < 1.29 is 13.2 Å². The Hall–Kier alpha value is -2.85. The number of hydrogen-bond acceptors (Lipinski definition) is 8. The summed E-state index contributed by atoms with van der Waals surface area (Å²) in [7, 11) is -3.56. The zero-order chi connectivity index (χ0) is 20.2. The normalized spacial score (nSPS) is 20.0. The maximum absolute atomic E-state index is 12.5. The number of ether oxygens (including phenoxy) is 1. The van der Waals surface area contributed by atoms with Crippen molar-refractivity contribution in [1.82, 2.24) is 19.7 Å². The zero-order valence-corrected chi connectivity index (χ0v) is 16.9. The van der Waals surface area contributed by atoms with Crippen molar-refractivity contribution in [3.8, 4) is 0 Å². The SMILES string of the molecule is C[C@@H]1COCCN1c1nc2c(cnn2C2=NCC=C2)c2c(S(C)(=O)=O)nccc12. The largest absolute Gasteiger partial charge is 0.377 e. The summed E-state index contributed by atoms with van der Waals surface area (Å²) in [6, 6.07) is 1.92. The van der Waals surface area contributed by atoms with Gasteiger partial charge in [0.25, 0.3) is 0 Å². The minimum absolute atomic E-state index is 0.0352. The van der Waals surface area contributed by atoms with E-state index in [-0.39, 0.29) is 11.1 Å². The van der Waals surface area contributed by atoms with Gasteiger partial charge in [0, 0.05) is 29.8 Å². The molecule has 0 spiro atoms. The molecule has 5 rings (SSSR count). The number of nitrogens with zero attached hydrogens (tertiary/aromatic N) is 6. The lowest BCUT2D eigenvalue weighted by molar-refractivity contribution is 0.0987. The molecule has 0 aliphatic carbocycles. The standard InChI is InChI=1S/C19H20N6O3S/c1-12-11-28-9-8-24(12)17-13-5-7-21-19(29(2,26)27)16(13)14-10-22-25(18(14)23-17)15-4-3-6-20-15/h3-5,7,10,12H,6,8-9,11H2,1-2H3/t12-/m1/s1. The molecule has 3 aromatic heterocycles. The highest BCUT2D eigenvalue weighted by Crippen LogP contribution is 2.35. The van der Waals surface area contributed by atoms with E-state index in [0.29, 0.717) is 54.4 Å². The van der Waals surface area contributed by atoms with Crippen LogP contribution in [0.3, 0.4) is 0 Å². The number of pyridine rings is 2. The molecule has 2 aliphatic heterocycles. The van der Waals surface area contributed by atoms with E-state index in [1.165, 1.54) is 12.5 Å². The molecule has 3 aromatic rings. The molecule has 0 aromatic carbocycles. The van der Waals surface area contributed by atoms with Gasteiger partial charge in [-0.1, -0.05) is 6.08 Å². The van der Waals surface area contributed by atoms with Crippen LogP contribution in [-0.4, -0.2) is 72.6 Å². The van der Waals surface area contributed by atoms with Gasteiger partial charge in [0.2, 0.25) is 0 Å². The Morgan fingerprint density at radius 3 is 2.86 bits per heavy atom. The number of hydrogen-bond donors (Lipinski definition) is 0. The average Bonchev–Trinajstić information content (AvgIpc) is 3.36. The number of fused-ring (bicyclic) bond motifs is 3. The molecule has 0 amide bonds. The third kappa shape index (κ3) is 2.90. The Balaban J connectivity index is 1.90. The van der Waals surface area contributed by atoms with E-state index in [1.54, 1.807) is 10.9 Å². The summed E-state index contributed by atoms with van der Waals surface area (Å²) < 4.78 is 32.3. The fraction of sp³-hybridized carbons (Fsp3) is 0.368. The van der Waals surface area contributed by atoms with Crippen LogP contribution >= 0.6 is 0 Å². The van der Waals surface area contributed by atoms with Crippen LogP contribution in [0, 0.1) is 0 Å². The molecule has 0 N–H and O–H groups in total. The van der Waals surface area contributed by atoms with Crippen LogP contribution in [0.25, 0.3) is 21.8 Å². The van der Waals surface area contributed by atoms with Gasteiger partial charge < -0.3 is 9.64 Å². The molecule has 0 bridgehead atoms. The molecule has 150 valence electrons. The molecule has 2 aliphatic rings. The van der Waals surface area contributed by atoms with E-state index in [1.807, 2.05) is 18.2 Å². The summed E-state index contributed by atoms with van der Waals surface area (Å²) in [4.78, 5) is 15.7. The summed E-state index contributed by atoms with van der Waals surface area (Å²) in [6.45, 7) is 4.49. The van der Waals surface area contributed by atoms with E-state index in [0.717, 1.165) is 5.39 Å². The summed E-state index contributed by atoms with van der Waals surface area (Å²) in [6.07, 6.45) is 8.16. The van der Waals surface area contributed by atoms with E-state index < -0.39 is 9.84 Å². The molecule has 1 fully saturated rings. The van der Waals surface area contributed by atoms with Crippen LogP contribution in [-0.2, 0) is 14.6 Å². The average molecular weight is 412 g/mol. The minimum Gasteiger partial charge on any atom is -0.377 e. The Labute approximate surface area is 167 Å². The first-order chi connectivity index (χ1) is 13.9. The first-order valence-corrected chi connectivity index (χ1v) is 11.3. The molecule has 29 heavy (non-hydrogen) atoms. The smallest absolute Gasteiger partial charge is 0.193 e. The lowest BCUT2D eigenvalue weighted by Crippen LogP contribution is -2.44. The summed E-state index contributed by atoms with van der Waals surface area (Å²) in [5, 5.41) is 6.42. The van der Waals surface area contributed by atoms with E-state index in [4.69, 9.17) is 9.72 Å². The predicted molar refractivity (Wildman–Crippen MR) is 110 cm³/mol. The molecule has 0 unspecified atom stereocenters. The van der Waals surface area contributed by atoms with Gasteiger partial charge in [0.05, 0.1) is 37.4 Å². The maximum Gasteiger partial charge on any atom is 0.193 e. The molecular formula is C19H20N6O3S. The Morgan fingerprint density at radius 2 is 2.14 bits per heavy atom. The van der Waals surface area contributed by atoms with Crippen LogP contribution in [0.2, 0.25) is 0 Å². The lowest BCUT2D eigenvalue weighted by Gasteiger charge is -2.35. The highest BCUT2D eigenvalue weighted by Gasteiger charge is 2.27. The van der Waals surface area contributed by atoms with Gasteiger partial charge in [-0.3, -0.25) is 4.99 Å². The van der Waals surface area contributed by atoms with Gasteiger partial charge in [-0.05, 0) is 19.1 Å². The van der Waals surface area contributed by atoms with Crippen LogP contribution in [0.5, 0.6) is 0 Å². The molecule has 9 nitrogen and oxygen atoms in total. The fourth-order valence-electron chi connectivity index (χ4n) is 3.88. The number of rotatable bonds is 2. The van der Waals surface area contributed by atoms with Crippen LogP contribution in [0.15, 0.2) is 40.6 Å². The van der Waals surface area contributed by atoms with Crippen molar-refractivity contribution in [1.29, 1.82) is 0 Å². The van der Waals surface area contributed by atoms with E-state index in [9.17, 15) is 8.42 Å². The highest BCUT2D eigenvalue weighted by atomic mass is 32.2. The van der Waals surface area contributed by atoms with Crippen molar-refractivity contribution >= 4 is 43.3 Å². The topological polar surface area (TPSA) is 103 Å². The van der Waals surface area contributed by atoms with Crippen molar-refractivity contribution in [2.75, 3.05) is 37.5 Å². The van der Waals surface area contributed by atoms with E-state index in [2.05, 4.69) is 26.9 Å². The van der Waals surface area contributed by atoms with Crippen molar-refractivity contribution in [2.45, 2.75) is 18.0 Å². The first kappa shape index (κ1) is 18.2. The molecular weight excluding hydrogens is 392 g/mol. The maximum atomic E-state index is 12.5. The second-order valence-corrected chi connectivity index (χ2v) is 9.19. The summed E-state index contributed by atoms with van der Waals surface area (Å²) in [5.74, 6) is 1.39. The van der Waals surface area contributed by atoms with Crippen molar-refractivity contribution in [3.63, 3.8) is 0 Å². The Morgan fingerprint density at radius 1 is 1.28 bits per heavy atom. The fourth-order valence-corrected chi connectivity index (χ4v) is 4.72. The highest BCUT2D eigenvalue weighted by molar-refractivity contribution is 7.90. The third-order valence-corrected chi connectivity index (χ3v) is 6.23. The van der Waals surface area contributed by atoms with Crippen molar-refractivity contribution in [3.05, 3.63) is 30.6 Å². The third-order valence-electron chi connectivity index (χ3n) is 5.22. The van der Waals surface area contributed by atoms with Gasteiger partial charge in [-0.2, -0.15) is 9.78 Å². The van der Waals surface area contributed by atoms with Gasteiger partial charge in [0.1, 0.15) is 5.82 Å². The minimum atomic E-state index is -3.56. The second-order valence-electron chi connectivity index (χ2n) is 7.26. The summed E-state index contributed by atoms with van der Waals surface area (Å²) in [5.41, 5.74) is 0.564. The van der Waals surface area contributed by atoms with E-state index >= 15 is 0 Å². The van der Waals surface area contributed by atoms with Gasteiger partial charge in [-0.25, -0.2) is 18.4 Å². The first-order valence-electron chi connectivity index (χ1n) is 9.37. The Bertz CT molecular complexity index is 1290. The quantitative estimate of drug-likeness (QED) is 0.627. The van der Waals surface area contributed by atoms with Crippen LogP contribution in [0.4, 0.5) is 5.82 Å². The molecule has 5 heterocycles. The molecule has 1 saturated heterocycles. The Kier molecular flexibility index (Phi) is 4.14. The molecule has 10 heteroatoms. The summed E-state index contributed by atoms with van der Waals surface area (Å²) >= 11 is 0. The number of aliphatic imine (C=N–C) groups is 1. The number of morpholine rings is 1. The predicted octanol–water partition coefficient (Wildman–Crippen LogP) is 1.42. The van der Waals surface area contributed by atoms with Gasteiger partial charge in [-0.15, -0.1) is 0 Å². The van der Waals surface area contributed by atoms with Gasteiger partial charge in [0.15, 0.2) is 26.3 Å². The number of allylic oxidation sites excluding steroid dienone is 1. The lowest BCUT2D eigenvalue weighted by atomic mass is 10.1. The van der Waals surface area contributed by atoms with Crippen LogP contribution in [0.1, 0.15) is 6.92 Å². The second kappa shape index (κ2) is 6.60. The van der Waals surface area contributed by atoms with Gasteiger partial charge >= 0.3 is 0 Å². The molecule has 0 radical (unpaired) electrons.